The highest BCUT2D eigenvalue weighted by Gasteiger charge is 2.34. The number of rotatable bonds is 3. The first-order chi connectivity index (χ1) is 12.8. The van der Waals surface area contributed by atoms with Gasteiger partial charge in [0.15, 0.2) is 5.82 Å². The Labute approximate surface area is 153 Å². The first-order valence-corrected chi connectivity index (χ1v) is 8.38. The van der Waals surface area contributed by atoms with Gasteiger partial charge in [-0.1, -0.05) is 5.16 Å². The van der Waals surface area contributed by atoms with Crippen LogP contribution in [0, 0.1) is 24.2 Å². The lowest BCUT2D eigenvalue weighted by molar-refractivity contribution is -0.137. The Balaban J connectivity index is 1.65. The lowest BCUT2D eigenvalue weighted by atomic mass is 9.95. The summed E-state index contributed by atoms with van der Waals surface area (Å²) >= 11 is 0. The molecule has 0 unspecified atom stereocenters. The van der Waals surface area contributed by atoms with E-state index in [4.69, 9.17) is 9.78 Å². The molecule has 0 bridgehead atoms. The topological polar surface area (TPSA) is 82.2 Å². The van der Waals surface area contributed by atoms with Crippen LogP contribution in [0.4, 0.5) is 24.7 Å². The van der Waals surface area contributed by atoms with Crippen LogP contribution in [0.15, 0.2) is 28.8 Å². The standard InChI is InChI=1S/C18H17F3N4O2/c1-11-8-16(24-27-11)23-17(26)12-4-6-25(7-5-12)14-3-2-13(10-22)15(9-14)18(19,20)21/h2-3,8-9,12H,4-7H2,1H3,(H,23,24,26). The van der Waals surface area contributed by atoms with Gasteiger partial charge < -0.3 is 14.7 Å². The first-order valence-electron chi connectivity index (χ1n) is 8.38. The molecule has 1 fully saturated rings. The number of piperidine rings is 1. The van der Waals surface area contributed by atoms with Gasteiger partial charge in [0.2, 0.25) is 5.91 Å². The number of nitrogens with zero attached hydrogens (tertiary/aromatic N) is 3. The van der Waals surface area contributed by atoms with E-state index in [0.717, 1.165) is 6.07 Å². The van der Waals surface area contributed by atoms with Crippen molar-refractivity contribution in [1.82, 2.24) is 5.16 Å². The molecule has 1 N–H and O–H groups in total. The third kappa shape index (κ3) is 4.22. The van der Waals surface area contributed by atoms with Crippen molar-refractivity contribution in [3.05, 3.63) is 41.2 Å². The van der Waals surface area contributed by atoms with Crippen LogP contribution in [-0.2, 0) is 11.0 Å². The summed E-state index contributed by atoms with van der Waals surface area (Å²) in [6.45, 7) is 2.60. The number of nitrogens with one attached hydrogen (secondary N) is 1. The van der Waals surface area contributed by atoms with E-state index in [1.165, 1.54) is 12.1 Å². The molecular formula is C18H17F3N4O2. The second-order valence-corrected chi connectivity index (χ2v) is 6.41. The van der Waals surface area contributed by atoms with Crippen molar-refractivity contribution in [2.24, 2.45) is 5.92 Å². The van der Waals surface area contributed by atoms with Gasteiger partial charge in [0.25, 0.3) is 0 Å². The Hall–Kier alpha value is -3.02. The molecule has 0 aliphatic carbocycles. The number of anilines is 2. The number of carbonyl (C=O) groups is 1. The van der Waals surface area contributed by atoms with Crippen molar-refractivity contribution in [1.29, 1.82) is 5.26 Å². The molecule has 1 aromatic heterocycles. The molecule has 2 aromatic rings. The Morgan fingerprint density at radius 3 is 2.59 bits per heavy atom. The maximum absolute atomic E-state index is 13.1. The van der Waals surface area contributed by atoms with Crippen molar-refractivity contribution in [3.8, 4) is 6.07 Å². The van der Waals surface area contributed by atoms with Gasteiger partial charge in [-0.15, -0.1) is 0 Å². The van der Waals surface area contributed by atoms with Crippen molar-refractivity contribution in [3.63, 3.8) is 0 Å². The molecule has 0 radical (unpaired) electrons. The third-order valence-electron chi connectivity index (χ3n) is 4.54. The van der Waals surface area contributed by atoms with Gasteiger partial charge in [0.05, 0.1) is 17.2 Å². The molecule has 6 nitrogen and oxygen atoms in total. The average Bonchev–Trinajstić information content (AvgIpc) is 3.05. The van der Waals surface area contributed by atoms with Gasteiger partial charge in [-0.3, -0.25) is 4.79 Å². The predicted molar refractivity (Wildman–Crippen MR) is 91.0 cm³/mol. The number of aromatic nitrogens is 1. The number of amides is 1. The quantitative estimate of drug-likeness (QED) is 0.880. The van der Waals surface area contributed by atoms with E-state index < -0.39 is 17.3 Å². The molecule has 0 atom stereocenters. The molecule has 3 rings (SSSR count). The second-order valence-electron chi connectivity index (χ2n) is 6.41. The lowest BCUT2D eigenvalue weighted by Gasteiger charge is -2.33. The van der Waals surface area contributed by atoms with Crippen molar-refractivity contribution in [2.45, 2.75) is 25.9 Å². The Morgan fingerprint density at radius 1 is 1.33 bits per heavy atom. The molecule has 0 saturated carbocycles. The van der Waals surface area contributed by atoms with Gasteiger partial charge in [0.1, 0.15) is 5.76 Å². The van der Waals surface area contributed by atoms with Crippen LogP contribution < -0.4 is 10.2 Å². The molecule has 142 valence electrons. The Bertz CT molecular complexity index is 877. The zero-order valence-electron chi connectivity index (χ0n) is 14.5. The highest BCUT2D eigenvalue weighted by molar-refractivity contribution is 5.91. The predicted octanol–water partition coefficient (Wildman–Crippen LogP) is 3.73. The van der Waals surface area contributed by atoms with Crippen LogP contribution in [0.3, 0.4) is 0 Å². The Morgan fingerprint density at radius 2 is 2.04 bits per heavy atom. The van der Waals surface area contributed by atoms with Crippen LogP contribution in [0.25, 0.3) is 0 Å². The highest BCUT2D eigenvalue weighted by Crippen LogP contribution is 2.35. The van der Waals surface area contributed by atoms with Crippen LogP contribution in [0.5, 0.6) is 0 Å². The normalized spacial score (nSPS) is 15.4. The SMILES string of the molecule is Cc1cc(NC(=O)C2CCN(c3ccc(C#N)c(C(F)(F)F)c3)CC2)no1. The third-order valence-corrected chi connectivity index (χ3v) is 4.54. The smallest absolute Gasteiger partial charge is 0.371 e. The largest absolute Gasteiger partial charge is 0.417 e. The summed E-state index contributed by atoms with van der Waals surface area (Å²) in [6.07, 6.45) is -3.58. The van der Waals surface area contributed by atoms with Crippen molar-refractivity contribution < 1.29 is 22.5 Å². The van der Waals surface area contributed by atoms with E-state index in [1.54, 1.807) is 24.0 Å². The fourth-order valence-electron chi connectivity index (χ4n) is 3.11. The van der Waals surface area contributed by atoms with E-state index in [9.17, 15) is 18.0 Å². The zero-order chi connectivity index (χ0) is 19.6. The molecule has 0 spiro atoms. The number of aryl methyl sites for hydroxylation is 1. The van der Waals surface area contributed by atoms with Crippen molar-refractivity contribution >= 4 is 17.4 Å². The van der Waals surface area contributed by atoms with Crippen LogP contribution in [0.1, 0.15) is 29.7 Å². The molecule has 1 aromatic carbocycles. The summed E-state index contributed by atoms with van der Waals surface area (Å²) in [4.78, 5) is 14.1. The van der Waals surface area contributed by atoms with Crippen LogP contribution >= 0.6 is 0 Å². The molecule has 1 aliphatic heterocycles. The van der Waals surface area contributed by atoms with Gasteiger partial charge in [0, 0.05) is 30.8 Å². The fourth-order valence-corrected chi connectivity index (χ4v) is 3.11. The van der Waals surface area contributed by atoms with E-state index in [0.29, 0.717) is 43.2 Å². The van der Waals surface area contributed by atoms with E-state index in [1.807, 2.05) is 0 Å². The summed E-state index contributed by atoms with van der Waals surface area (Å²) in [5.41, 5.74) is -0.945. The lowest BCUT2D eigenvalue weighted by Crippen LogP contribution is -2.38. The summed E-state index contributed by atoms with van der Waals surface area (Å²) < 4.78 is 44.3. The van der Waals surface area contributed by atoms with E-state index in [2.05, 4.69) is 10.5 Å². The summed E-state index contributed by atoms with van der Waals surface area (Å²) in [6, 6.07) is 6.88. The average molecular weight is 378 g/mol. The minimum absolute atomic E-state index is 0.182. The minimum atomic E-state index is -4.59. The van der Waals surface area contributed by atoms with Gasteiger partial charge in [-0.25, -0.2) is 0 Å². The molecule has 1 aliphatic rings. The highest BCUT2D eigenvalue weighted by atomic mass is 19.4. The van der Waals surface area contributed by atoms with Crippen LogP contribution in [0.2, 0.25) is 0 Å². The maximum Gasteiger partial charge on any atom is 0.417 e. The van der Waals surface area contributed by atoms with Crippen molar-refractivity contribution in [2.75, 3.05) is 23.3 Å². The van der Waals surface area contributed by atoms with Gasteiger partial charge in [-0.05, 0) is 38.0 Å². The zero-order valence-corrected chi connectivity index (χ0v) is 14.5. The molecule has 1 saturated heterocycles. The fraction of sp³-hybridized carbons (Fsp3) is 0.389. The number of carbonyl (C=O) groups excluding carboxylic acids is 1. The molecule has 1 amide bonds. The number of hydrogen-bond acceptors (Lipinski definition) is 5. The number of alkyl halides is 3. The second kappa shape index (κ2) is 7.31. The number of benzene rings is 1. The number of nitriles is 1. The Kier molecular flexibility index (Phi) is 5.08. The van der Waals surface area contributed by atoms with Gasteiger partial charge >= 0.3 is 6.18 Å². The van der Waals surface area contributed by atoms with Crippen LogP contribution in [-0.4, -0.2) is 24.2 Å². The first kappa shape index (κ1) is 18.8. The van der Waals surface area contributed by atoms with E-state index in [-0.39, 0.29) is 11.8 Å². The minimum Gasteiger partial charge on any atom is -0.371 e. The summed E-state index contributed by atoms with van der Waals surface area (Å²) in [5, 5.41) is 15.3. The maximum atomic E-state index is 13.1. The monoisotopic (exact) mass is 378 g/mol. The molecule has 9 heteroatoms. The number of halogens is 3. The van der Waals surface area contributed by atoms with E-state index >= 15 is 0 Å². The van der Waals surface area contributed by atoms with Gasteiger partial charge in [-0.2, -0.15) is 18.4 Å². The summed E-state index contributed by atoms with van der Waals surface area (Å²) in [5.74, 6) is 0.501. The molecular weight excluding hydrogens is 361 g/mol. The molecule has 2 heterocycles. The number of hydrogen-bond donors (Lipinski definition) is 1. The summed E-state index contributed by atoms with van der Waals surface area (Å²) in [7, 11) is 0. The molecule has 27 heavy (non-hydrogen) atoms.